The Balaban J connectivity index is 1.45. The molecule has 4 aliphatic carbocycles. The highest BCUT2D eigenvalue weighted by Gasteiger charge is 2.59. The van der Waals surface area contributed by atoms with Gasteiger partial charge >= 0.3 is 5.97 Å². The van der Waals surface area contributed by atoms with Crippen molar-refractivity contribution >= 4 is 29.3 Å². The number of nitrogens with zero attached hydrogens (tertiary/aromatic N) is 1. The number of nitriles is 1. The molecule has 196 valence electrons. The Bertz CT molecular complexity index is 1210. The highest BCUT2D eigenvalue weighted by molar-refractivity contribution is 7.10. The Labute approximate surface area is 224 Å². The van der Waals surface area contributed by atoms with Crippen molar-refractivity contribution in [2.75, 3.05) is 0 Å². The zero-order valence-electron chi connectivity index (χ0n) is 22.2. The molecule has 3 saturated carbocycles. The van der Waals surface area contributed by atoms with E-state index in [9.17, 15) is 14.9 Å². The summed E-state index contributed by atoms with van der Waals surface area (Å²) in [7, 11) is 0. The SMILES string of the molecule is CC(=O)O[C@H]1CC[C@@]2(C)C(=CC[C@H]3[C@@H]4CC[C@H](C(/C=C/c5cccs5)=C(\C#N)C(N)=O)[C@@]4(C)CC[C@@H]32)C1. The van der Waals surface area contributed by atoms with E-state index in [-0.39, 0.29) is 34.4 Å². The molecule has 0 aromatic carbocycles. The van der Waals surface area contributed by atoms with Crippen LogP contribution in [-0.2, 0) is 14.3 Å². The van der Waals surface area contributed by atoms with Crippen molar-refractivity contribution in [3.05, 3.63) is 51.3 Å². The number of amides is 1. The molecule has 0 aliphatic heterocycles. The molecule has 2 N–H and O–H groups in total. The molecule has 3 fully saturated rings. The first-order valence-corrected chi connectivity index (χ1v) is 14.6. The smallest absolute Gasteiger partial charge is 0.302 e. The third kappa shape index (κ3) is 4.50. The molecule has 5 nitrogen and oxygen atoms in total. The van der Waals surface area contributed by atoms with E-state index in [0.717, 1.165) is 61.8 Å². The van der Waals surface area contributed by atoms with Crippen molar-refractivity contribution in [3.8, 4) is 6.07 Å². The van der Waals surface area contributed by atoms with Gasteiger partial charge in [-0.1, -0.05) is 37.6 Å². The second-order valence-electron chi connectivity index (χ2n) is 12.1. The molecular formula is C31H38N2O3S. The number of rotatable bonds is 5. The molecule has 37 heavy (non-hydrogen) atoms. The Morgan fingerprint density at radius 3 is 2.68 bits per heavy atom. The molecule has 1 heterocycles. The van der Waals surface area contributed by atoms with Gasteiger partial charge in [-0.2, -0.15) is 5.26 Å². The molecule has 1 aromatic heterocycles. The number of fused-ring (bicyclic) bond motifs is 5. The molecule has 6 heteroatoms. The summed E-state index contributed by atoms with van der Waals surface area (Å²) in [6.07, 6.45) is 14.8. The van der Waals surface area contributed by atoms with Gasteiger partial charge in [-0.3, -0.25) is 9.59 Å². The van der Waals surface area contributed by atoms with Gasteiger partial charge < -0.3 is 10.5 Å². The number of primary amides is 1. The van der Waals surface area contributed by atoms with E-state index < -0.39 is 5.91 Å². The van der Waals surface area contributed by atoms with E-state index in [0.29, 0.717) is 17.8 Å². The average molecular weight is 519 g/mol. The van der Waals surface area contributed by atoms with E-state index in [4.69, 9.17) is 10.5 Å². The maximum absolute atomic E-state index is 12.3. The lowest BCUT2D eigenvalue weighted by Crippen LogP contribution is -2.50. The van der Waals surface area contributed by atoms with Crippen molar-refractivity contribution < 1.29 is 14.3 Å². The van der Waals surface area contributed by atoms with E-state index in [1.807, 2.05) is 29.7 Å². The molecular weight excluding hydrogens is 480 g/mol. The molecule has 4 aliphatic rings. The van der Waals surface area contributed by atoms with Crippen LogP contribution in [0.1, 0.15) is 77.0 Å². The largest absolute Gasteiger partial charge is 0.462 e. The summed E-state index contributed by atoms with van der Waals surface area (Å²) in [5.41, 5.74) is 8.36. The molecule has 1 amide bonds. The minimum Gasteiger partial charge on any atom is -0.462 e. The van der Waals surface area contributed by atoms with Crippen LogP contribution in [0.5, 0.6) is 0 Å². The van der Waals surface area contributed by atoms with Gasteiger partial charge in [-0.05, 0) is 103 Å². The summed E-state index contributed by atoms with van der Waals surface area (Å²) in [5, 5.41) is 11.9. The Morgan fingerprint density at radius 2 is 2.00 bits per heavy atom. The summed E-state index contributed by atoms with van der Waals surface area (Å²) >= 11 is 1.64. The fraction of sp³-hybridized carbons (Fsp3) is 0.581. The Hall–Kier alpha value is -2.65. The number of thiophene rings is 1. The van der Waals surface area contributed by atoms with E-state index >= 15 is 0 Å². The first-order chi connectivity index (χ1) is 17.7. The molecule has 0 radical (unpaired) electrons. The van der Waals surface area contributed by atoms with Gasteiger partial charge in [-0.25, -0.2) is 0 Å². The van der Waals surface area contributed by atoms with Crippen LogP contribution in [0.4, 0.5) is 0 Å². The van der Waals surface area contributed by atoms with Crippen molar-refractivity contribution in [3.63, 3.8) is 0 Å². The fourth-order valence-electron chi connectivity index (χ4n) is 8.67. The molecule has 0 bridgehead atoms. The minimum absolute atomic E-state index is 0.0131. The predicted octanol–water partition coefficient (Wildman–Crippen LogP) is 6.58. The summed E-state index contributed by atoms with van der Waals surface area (Å²) in [6, 6.07) is 6.20. The van der Waals surface area contributed by atoms with Crippen LogP contribution in [0.15, 0.2) is 46.4 Å². The van der Waals surface area contributed by atoms with E-state index in [2.05, 4.69) is 26.0 Å². The number of carbonyl (C=O) groups excluding carboxylic acids is 2. The number of ether oxygens (including phenoxy) is 1. The third-order valence-corrected chi connectivity index (χ3v) is 11.2. The molecule has 0 unspecified atom stereocenters. The minimum atomic E-state index is -0.628. The predicted molar refractivity (Wildman–Crippen MR) is 146 cm³/mol. The molecule has 0 spiro atoms. The monoisotopic (exact) mass is 518 g/mol. The van der Waals surface area contributed by atoms with Gasteiger partial charge in [-0.15, -0.1) is 11.3 Å². The van der Waals surface area contributed by atoms with Crippen LogP contribution in [-0.4, -0.2) is 18.0 Å². The van der Waals surface area contributed by atoms with Crippen LogP contribution in [0.2, 0.25) is 0 Å². The summed E-state index contributed by atoms with van der Waals surface area (Å²) < 4.78 is 5.59. The number of hydrogen-bond acceptors (Lipinski definition) is 5. The van der Waals surface area contributed by atoms with Gasteiger partial charge in [0.1, 0.15) is 17.7 Å². The second kappa shape index (κ2) is 9.91. The molecule has 5 rings (SSSR count). The second-order valence-corrected chi connectivity index (χ2v) is 13.0. The standard InChI is InChI=1S/C31H38N2O3S/c1-19(34)36-21-12-14-30(2)20(17-21)6-8-24-27-11-10-26(31(27,3)15-13-28(24)30)23(25(18-32)29(33)35)9-7-22-5-4-16-37-22/h4-7,9,16,21,24,26-28H,8,10-15,17H2,1-3H3,(H2,33,35)/b9-7+,25-23+/t21-,24-,26+,27-,28-,30-,31+/m0/s1. The number of allylic oxidation sites excluding steroid dienone is 3. The Kier molecular flexibility index (Phi) is 6.96. The van der Waals surface area contributed by atoms with Crippen LogP contribution in [0.3, 0.4) is 0 Å². The lowest BCUT2D eigenvalue weighted by Gasteiger charge is -2.58. The van der Waals surface area contributed by atoms with Gasteiger partial charge in [0.2, 0.25) is 0 Å². The number of carbonyl (C=O) groups is 2. The zero-order chi connectivity index (χ0) is 26.4. The summed E-state index contributed by atoms with van der Waals surface area (Å²) in [5.74, 6) is 1.12. The van der Waals surface area contributed by atoms with E-state index in [1.54, 1.807) is 11.3 Å². The highest BCUT2D eigenvalue weighted by Crippen LogP contribution is 2.67. The van der Waals surface area contributed by atoms with Gasteiger partial charge in [0.05, 0.1) is 0 Å². The maximum atomic E-state index is 12.3. The molecule has 0 saturated heterocycles. The number of nitrogens with two attached hydrogens (primary N) is 1. The van der Waals surface area contributed by atoms with Gasteiger partial charge in [0, 0.05) is 18.2 Å². The maximum Gasteiger partial charge on any atom is 0.302 e. The first-order valence-electron chi connectivity index (χ1n) is 13.7. The summed E-state index contributed by atoms with van der Waals surface area (Å²) in [4.78, 5) is 25.0. The van der Waals surface area contributed by atoms with Gasteiger partial charge in [0.15, 0.2) is 0 Å². The zero-order valence-corrected chi connectivity index (χ0v) is 23.0. The highest BCUT2D eigenvalue weighted by atomic mass is 32.1. The first kappa shape index (κ1) is 26.0. The van der Waals surface area contributed by atoms with Gasteiger partial charge in [0.25, 0.3) is 5.91 Å². The van der Waals surface area contributed by atoms with Crippen LogP contribution in [0.25, 0.3) is 6.08 Å². The van der Waals surface area contributed by atoms with Crippen molar-refractivity contribution in [1.82, 2.24) is 0 Å². The van der Waals surface area contributed by atoms with Crippen LogP contribution >= 0.6 is 11.3 Å². The van der Waals surface area contributed by atoms with Crippen molar-refractivity contribution in [2.24, 2.45) is 40.2 Å². The quantitative estimate of drug-likeness (QED) is 0.157. The Morgan fingerprint density at radius 1 is 1.19 bits per heavy atom. The van der Waals surface area contributed by atoms with Crippen molar-refractivity contribution in [1.29, 1.82) is 5.26 Å². The topological polar surface area (TPSA) is 93.2 Å². The third-order valence-electron chi connectivity index (χ3n) is 10.4. The van der Waals surface area contributed by atoms with Crippen LogP contribution < -0.4 is 5.73 Å². The molecule has 1 aromatic rings. The molecule has 7 atom stereocenters. The average Bonchev–Trinajstić information content (AvgIpc) is 3.49. The normalized spacial score (nSPS) is 37.5. The lowest BCUT2D eigenvalue weighted by molar-refractivity contribution is -0.148. The fourth-order valence-corrected chi connectivity index (χ4v) is 9.29. The lowest BCUT2D eigenvalue weighted by atomic mass is 9.47. The van der Waals surface area contributed by atoms with E-state index in [1.165, 1.54) is 12.5 Å². The van der Waals surface area contributed by atoms with Crippen molar-refractivity contribution in [2.45, 2.75) is 78.2 Å². The number of esters is 1. The van der Waals surface area contributed by atoms with Crippen LogP contribution in [0, 0.1) is 45.8 Å². The summed E-state index contributed by atoms with van der Waals surface area (Å²) in [6.45, 7) is 6.36. The number of hydrogen-bond donors (Lipinski definition) is 1.